The highest BCUT2D eigenvalue weighted by molar-refractivity contribution is 4.87. The number of rotatable bonds is 3. The van der Waals surface area contributed by atoms with Gasteiger partial charge in [0.15, 0.2) is 0 Å². The van der Waals surface area contributed by atoms with Gasteiger partial charge >= 0.3 is 0 Å². The molecule has 0 aliphatic heterocycles. The van der Waals surface area contributed by atoms with E-state index in [0.717, 1.165) is 29.8 Å². The number of hydrogen-bond donors (Lipinski definition) is 1. The molecule has 94 valence electrons. The molecule has 3 atom stereocenters. The Kier molecular flexibility index (Phi) is 4.29. The summed E-state index contributed by atoms with van der Waals surface area (Å²) in [6, 6.07) is 1.53. The van der Waals surface area contributed by atoms with Gasteiger partial charge in [-0.1, -0.05) is 33.1 Å². The molecule has 2 unspecified atom stereocenters. The molecule has 0 spiro atoms. The van der Waals surface area contributed by atoms with Crippen LogP contribution in [-0.2, 0) is 0 Å². The molecule has 0 radical (unpaired) electrons. The first kappa shape index (κ1) is 12.4. The summed E-state index contributed by atoms with van der Waals surface area (Å²) >= 11 is 0. The van der Waals surface area contributed by atoms with Crippen molar-refractivity contribution >= 4 is 0 Å². The minimum Gasteiger partial charge on any atom is -0.311 e. The van der Waals surface area contributed by atoms with Crippen molar-refractivity contribution in [1.29, 1.82) is 0 Å². The lowest BCUT2D eigenvalue weighted by molar-refractivity contribution is 0.179. The highest BCUT2D eigenvalue weighted by Gasteiger charge is 2.31. The van der Waals surface area contributed by atoms with E-state index in [1.807, 2.05) is 0 Å². The van der Waals surface area contributed by atoms with Crippen molar-refractivity contribution in [3.63, 3.8) is 0 Å². The normalized spacial score (nSPS) is 38.8. The lowest BCUT2D eigenvalue weighted by atomic mass is 9.78. The van der Waals surface area contributed by atoms with Crippen LogP contribution in [-0.4, -0.2) is 12.1 Å². The maximum atomic E-state index is 3.96. The first-order valence-corrected chi connectivity index (χ1v) is 7.44. The Labute approximate surface area is 101 Å². The summed E-state index contributed by atoms with van der Waals surface area (Å²) in [5, 5.41) is 3.96. The first-order valence-electron chi connectivity index (χ1n) is 7.44. The maximum Gasteiger partial charge on any atom is 0.0121 e. The van der Waals surface area contributed by atoms with Crippen molar-refractivity contribution < 1.29 is 0 Å². The van der Waals surface area contributed by atoms with E-state index in [1.54, 1.807) is 0 Å². The molecule has 2 saturated carbocycles. The molecule has 0 heterocycles. The molecule has 0 bridgehead atoms. The van der Waals surface area contributed by atoms with E-state index in [-0.39, 0.29) is 0 Å². The van der Waals surface area contributed by atoms with Gasteiger partial charge in [-0.05, 0) is 50.4 Å². The monoisotopic (exact) mass is 223 g/mol. The Hall–Kier alpha value is -0.0400. The van der Waals surface area contributed by atoms with Crippen LogP contribution in [0.1, 0.15) is 65.7 Å². The van der Waals surface area contributed by atoms with Gasteiger partial charge in [0.2, 0.25) is 0 Å². The second-order valence-electron chi connectivity index (χ2n) is 6.41. The van der Waals surface area contributed by atoms with Crippen molar-refractivity contribution in [2.24, 2.45) is 17.8 Å². The van der Waals surface area contributed by atoms with Gasteiger partial charge in [0.05, 0.1) is 0 Å². The third kappa shape index (κ3) is 2.80. The van der Waals surface area contributed by atoms with E-state index in [9.17, 15) is 0 Å². The van der Waals surface area contributed by atoms with Crippen LogP contribution in [0.15, 0.2) is 0 Å². The fraction of sp³-hybridized carbons (Fsp3) is 1.00. The lowest BCUT2D eigenvalue weighted by Crippen LogP contribution is -2.48. The van der Waals surface area contributed by atoms with Gasteiger partial charge in [-0.15, -0.1) is 0 Å². The fourth-order valence-corrected chi connectivity index (χ4v) is 3.91. The SMILES string of the molecule is CC1CCCC(C)C1N[C@@H](C)C1CCCC1. The van der Waals surface area contributed by atoms with Crippen molar-refractivity contribution in [3.05, 3.63) is 0 Å². The van der Waals surface area contributed by atoms with Crippen LogP contribution in [0.2, 0.25) is 0 Å². The third-order valence-electron chi connectivity index (χ3n) is 5.11. The van der Waals surface area contributed by atoms with Crippen LogP contribution >= 0.6 is 0 Å². The van der Waals surface area contributed by atoms with Crippen molar-refractivity contribution in [3.8, 4) is 0 Å². The molecule has 16 heavy (non-hydrogen) atoms. The van der Waals surface area contributed by atoms with Crippen LogP contribution in [0.3, 0.4) is 0 Å². The van der Waals surface area contributed by atoms with Crippen molar-refractivity contribution in [2.75, 3.05) is 0 Å². The molecule has 2 rings (SSSR count). The molecular formula is C15H29N. The smallest absolute Gasteiger partial charge is 0.0121 e. The van der Waals surface area contributed by atoms with Crippen molar-refractivity contribution in [1.82, 2.24) is 5.32 Å². The summed E-state index contributed by atoms with van der Waals surface area (Å²) in [6.45, 7) is 7.30. The second kappa shape index (κ2) is 5.53. The van der Waals surface area contributed by atoms with Crippen LogP contribution < -0.4 is 5.32 Å². The summed E-state index contributed by atoms with van der Waals surface area (Å²) in [7, 11) is 0. The molecule has 1 nitrogen and oxygen atoms in total. The quantitative estimate of drug-likeness (QED) is 0.763. The van der Waals surface area contributed by atoms with E-state index >= 15 is 0 Å². The topological polar surface area (TPSA) is 12.0 Å². The Balaban J connectivity index is 1.86. The Morgan fingerprint density at radius 2 is 1.44 bits per heavy atom. The number of nitrogens with one attached hydrogen (secondary N) is 1. The molecule has 2 aliphatic carbocycles. The van der Waals surface area contributed by atoms with Gasteiger partial charge in [0.25, 0.3) is 0 Å². The summed E-state index contributed by atoms with van der Waals surface area (Å²) in [5.74, 6) is 2.72. The molecule has 2 aliphatic rings. The predicted octanol–water partition coefficient (Wildman–Crippen LogP) is 3.98. The lowest BCUT2D eigenvalue weighted by Gasteiger charge is -2.38. The zero-order valence-electron chi connectivity index (χ0n) is 11.3. The summed E-state index contributed by atoms with van der Waals surface area (Å²) < 4.78 is 0. The zero-order valence-corrected chi connectivity index (χ0v) is 11.3. The van der Waals surface area contributed by atoms with E-state index in [0.29, 0.717) is 0 Å². The molecule has 2 fully saturated rings. The van der Waals surface area contributed by atoms with Crippen LogP contribution in [0.4, 0.5) is 0 Å². The van der Waals surface area contributed by atoms with Gasteiger partial charge in [-0.3, -0.25) is 0 Å². The summed E-state index contributed by atoms with van der Waals surface area (Å²) in [5.41, 5.74) is 0. The Morgan fingerprint density at radius 1 is 0.875 bits per heavy atom. The minimum absolute atomic E-state index is 0.746. The highest BCUT2D eigenvalue weighted by Crippen LogP contribution is 2.32. The minimum atomic E-state index is 0.746. The molecule has 1 heteroatoms. The molecule has 0 aromatic carbocycles. The maximum absolute atomic E-state index is 3.96. The number of hydrogen-bond acceptors (Lipinski definition) is 1. The second-order valence-corrected chi connectivity index (χ2v) is 6.41. The van der Waals surface area contributed by atoms with Crippen LogP contribution in [0, 0.1) is 17.8 Å². The van der Waals surface area contributed by atoms with Gasteiger partial charge < -0.3 is 5.32 Å². The molecule has 0 saturated heterocycles. The van der Waals surface area contributed by atoms with E-state index in [1.165, 1.54) is 44.9 Å². The summed E-state index contributed by atoms with van der Waals surface area (Å²) in [6.07, 6.45) is 10.2. The van der Waals surface area contributed by atoms with Crippen molar-refractivity contribution in [2.45, 2.75) is 77.8 Å². The standard InChI is InChI=1S/C15H29N/c1-11-7-6-8-12(2)15(11)16-13(3)14-9-4-5-10-14/h11-16H,4-10H2,1-3H3/t11?,12?,13-,15?/m0/s1. The summed E-state index contributed by atoms with van der Waals surface area (Å²) in [4.78, 5) is 0. The van der Waals surface area contributed by atoms with E-state index in [4.69, 9.17) is 0 Å². The van der Waals surface area contributed by atoms with Gasteiger partial charge in [-0.2, -0.15) is 0 Å². The average Bonchev–Trinajstić information content (AvgIpc) is 2.76. The molecule has 0 aromatic heterocycles. The van der Waals surface area contributed by atoms with Crippen LogP contribution in [0.5, 0.6) is 0 Å². The van der Waals surface area contributed by atoms with Gasteiger partial charge in [0, 0.05) is 12.1 Å². The largest absolute Gasteiger partial charge is 0.311 e. The molecule has 0 aromatic rings. The third-order valence-corrected chi connectivity index (χ3v) is 5.11. The Morgan fingerprint density at radius 3 is 2.00 bits per heavy atom. The Bertz CT molecular complexity index is 197. The first-order chi connectivity index (χ1) is 7.68. The molecule has 0 amide bonds. The highest BCUT2D eigenvalue weighted by atomic mass is 15.0. The van der Waals surface area contributed by atoms with Gasteiger partial charge in [-0.25, -0.2) is 0 Å². The molecule has 1 N–H and O–H groups in total. The van der Waals surface area contributed by atoms with E-state index in [2.05, 4.69) is 26.1 Å². The fourth-order valence-electron chi connectivity index (χ4n) is 3.91. The van der Waals surface area contributed by atoms with Crippen LogP contribution in [0.25, 0.3) is 0 Å². The average molecular weight is 223 g/mol. The predicted molar refractivity (Wildman–Crippen MR) is 70.5 cm³/mol. The zero-order chi connectivity index (χ0) is 11.5. The molecular weight excluding hydrogens is 194 g/mol. The van der Waals surface area contributed by atoms with Gasteiger partial charge in [0.1, 0.15) is 0 Å². The van der Waals surface area contributed by atoms with E-state index < -0.39 is 0 Å².